The monoisotopic (exact) mass is 385 g/mol. The van der Waals surface area contributed by atoms with Crippen molar-refractivity contribution in [3.63, 3.8) is 0 Å². The molecule has 0 aliphatic carbocycles. The van der Waals surface area contributed by atoms with Gasteiger partial charge in [-0.3, -0.25) is 9.59 Å². The summed E-state index contributed by atoms with van der Waals surface area (Å²) in [5, 5.41) is 0. The Morgan fingerprint density at radius 2 is 1.89 bits per heavy atom. The van der Waals surface area contributed by atoms with Crippen LogP contribution in [-0.2, 0) is 4.79 Å². The quantitative estimate of drug-likeness (QED) is 0.782. The summed E-state index contributed by atoms with van der Waals surface area (Å²) in [4.78, 5) is 38.7. The van der Waals surface area contributed by atoms with Gasteiger partial charge in [0.2, 0.25) is 5.91 Å². The number of likely N-dealkylation sites (N-methyl/N-ethyl adjacent to an activating group) is 1. The summed E-state index contributed by atoms with van der Waals surface area (Å²) < 4.78 is 0. The fourth-order valence-corrected chi connectivity index (χ4v) is 4.74. The minimum atomic E-state index is -0.256. The second-order valence-corrected chi connectivity index (χ2v) is 8.49. The van der Waals surface area contributed by atoms with E-state index >= 15 is 0 Å². The molecule has 1 spiro atoms. The maximum Gasteiger partial charge on any atom is 0.254 e. The van der Waals surface area contributed by atoms with E-state index in [9.17, 15) is 9.59 Å². The largest absolute Gasteiger partial charge is 0.355 e. The number of likely N-dealkylation sites (tertiary alicyclic amines) is 1. The zero-order valence-electron chi connectivity index (χ0n) is 17.1. The topological polar surface area (TPSA) is 60.0 Å². The van der Waals surface area contributed by atoms with Gasteiger partial charge in [0.15, 0.2) is 0 Å². The van der Waals surface area contributed by atoms with Crippen molar-refractivity contribution in [2.75, 3.05) is 64.3 Å². The maximum atomic E-state index is 12.9. The zero-order chi connectivity index (χ0) is 19.7. The number of carbonyl (C=O) groups is 2. The Balaban J connectivity index is 1.45. The van der Waals surface area contributed by atoms with Crippen LogP contribution in [0.2, 0.25) is 0 Å². The summed E-state index contributed by atoms with van der Waals surface area (Å²) in [6.07, 6.45) is 4.54. The van der Waals surface area contributed by atoms with Crippen LogP contribution in [0.3, 0.4) is 0 Å². The number of hydrogen-bond donors (Lipinski definition) is 0. The minimum Gasteiger partial charge on any atom is -0.355 e. The molecule has 3 aliphatic rings. The smallest absolute Gasteiger partial charge is 0.254 e. The molecule has 4 rings (SSSR count). The molecular weight excluding hydrogens is 354 g/mol. The highest BCUT2D eigenvalue weighted by molar-refractivity contribution is 5.95. The Morgan fingerprint density at radius 1 is 1.14 bits per heavy atom. The molecule has 3 fully saturated rings. The van der Waals surface area contributed by atoms with Crippen molar-refractivity contribution in [2.45, 2.75) is 26.2 Å². The van der Waals surface area contributed by atoms with Crippen molar-refractivity contribution in [2.24, 2.45) is 5.41 Å². The van der Waals surface area contributed by atoms with Gasteiger partial charge in [-0.1, -0.05) is 6.92 Å². The number of nitrogens with zero attached hydrogens (tertiary/aromatic N) is 5. The first-order valence-electron chi connectivity index (χ1n) is 10.5. The molecular formula is C21H31N5O2. The molecule has 152 valence electrons. The van der Waals surface area contributed by atoms with E-state index < -0.39 is 0 Å². The maximum absolute atomic E-state index is 12.9. The average Bonchev–Trinajstić information content (AvgIpc) is 3.28. The number of aromatic nitrogens is 1. The molecule has 0 radical (unpaired) electrons. The number of carbonyl (C=O) groups excluding carboxylic acids is 2. The first kappa shape index (κ1) is 19.2. The lowest BCUT2D eigenvalue weighted by Gasteiger charge is -2.32. The number of rotatable bonds is 4. The number of amides is 2. The lowest BCUT2D eigenvalue weighted by molar-refractivity contribution is -0.135. The van der Waals surface area contributed by atoms with Gasteiger partial charge in [-0.25, -0.2) is 4.98 Å². The highest BCUT2D eigenvalue weighted by Crippen LogP contribution is 2.41. The fraction of sp³-hybridized carbons (Fsp3) is 0.667. The molecule has 0 bridgehead atoms. The predicted molar refractivity (Wildman–Crippen MR) is 108 cm³/mol. The molecule has 0 aromatic carbocycles. The van der Waals surface area contributed by atoms with E-state index in [-0.39, 0.29) is 11.3 Å². The van der Waals surface area contributed by atoms with E-state index in [1.807, 2.05) is 15.9 Å². The van der Waals surface area contributed by atoms with Gasteiger partial charge in [0.25, 0.3) is 5.91 Å². The molecule has 0 N–H and O–H groups in total. The van der Waals surface area contributed by atoms with Crippen LogP contribution in [-0.4, -0.2) is 90.9 Å². The van der Waals surface area contributed by atoms with Crippen LogP contribution in [0.5, 0.6) is 0 Å². The second kappa shape index (κ2) is 7.70. The van der Waals surface area contributed by atoms with Gasteiger partial charge in [0.05, 0.1) is 5.41 Å². The molecule has 1 aromatic rings. The molecule has 3 saturated heterocycles. The van der Waals surface area contributed by atoms with E-state index in [4.69, 9.17) is 0 Å². The summed E-state index contributed by atoms with van der Waals surface area (Å²) in [5.74, 6) is 1.21. The van der Waals surface area contributed by atoms with Crippen molar-refractivity contribution >= 4 is 17.6 Å². The molecule has 4 heterocycles. The van der Waals surface area contributed by atoms with Crippen LogP contribution in [0.4, 0.5) is 5.82 Å². The van der Waals surface area contributed by atoms with E-state index in [0.717, 1.165) is 70.9 Å². The highest BCUT2D eigenvalue weighted by Gasteiger charge is 2.50. The van der Waals surface area contributed by atoms with E-state index in [0.29, 0.717) is 18.0 Å². The van der Waals surface area contributed by atoms with Crippen LogP contribution < -0.4 is 4.90 Å². The van der Waals surface area contributed by atoms with E-state index in [1.165, 1.54) is 0 Å². The van der Waals surface area contributed by atoms with Gasteiger partial charge < -0.3 is 19.6 Å². The van der Waals surface area contributed by atoms with Crippen LogP contribution >= 0.6 is 0 Å². The van der Waals surface area contributed by atoms with Crippen molar-refractivity contribution in [1.82, 2.24) is 19.7 Å². The molecule has 7 heteroatoms. The summed E-state index contributed by atoms with van der Waals surface area (Å²) >= 11 is 0. The third-order valence-corrected chi connectivity index (χ3v) is 6.56. The van der Waals surface area contributed by atoms with Gasteiger partial charge in [-0.2, -0.15) is 0 Å². The zero-order valence-corrected chi connectivity index (χ0v) is 17.1. The summed E-state index contributed by atoms with van der Waals surface area (Å²) in [6, 6.07) is 3.71. The normalized spacial score (nSPS) is 25.9. The Hall–Kier alpha value is -2.15. The standard InChI is InChI=1S/C21H31N5O2/c1-3-8-25-9-5-21(20(25)28)6-10-26(16-21)18-15-17(4-7-22-18)19(27)24-13-11-23(2)12-14-24/h4,7,15H,3,5-6,8-14,16H2,1-2H3. The predicted octanol–water partition coefficient (Wildman–Crippen LogP) is 1.31. The first-order chi connectivity index (χ1) is 13.5. The average molecular weight is 386 g/mol. The van der Waals surface area contributed by atoms with Crippen molar-refractivity contribution in [3.8, 4) is 0 Å². The molecule has 1 unspecified atom stereocenters. The number of hydrogen-bond acceptors (Lipinski definition) is 5. The molecule has 3 aliphatic heterocycles. The molecule has 1 atom stereocenters. The Bertz CT molecular complexity index is 746. The number of piperazine rings is 1. The number of anilines is 1. The molecule has 2 amide bonds. The minimum absolute atomic E-state index is 0.0803. The molecule has 28 heavy (non-hydrogen) atoms. The van der Waals surface area contributed by atoms with Gasteiger partial charge in [0, 0.05) is 64.1 Å². The van der Waals surface area contributed by atoms with Crippen LogP contribution in [0, 0.1) is 5.41 Å². The van der Waals surface area contributed by atoms with Crippen molar-refractivity contribution in [3.05, 3.63) is 23.9 Å². The Kier molecular flexibility index (Phi) is 5.27. The molecule has 0 saturated carbocycles. The van der Waals surface area contributed by atoms with Crippen LogP contribution in [0.15, 0.2) is 18.3 Å². The fourth-order valence-electron chi connectivity index (χ4n) is 4.74. The Morgan fingerprint density at radius 3 is 2.64 bits per heavy atom. The SMILES string of the molecule is CCCN1CCC2(CCN(c3cc(C(=O)N4CCN(C)CC4)ccn3)C2)C1=O. The lowest BCUT2D eigenvalue weighted by atomic mass is 9.85. The van der Waals surface area contributed by atoms with Crippen molar-refractivity contribution in [1.29, 1.82) is 0 Å². The van der Waals surface area contributed by atoms with E-state index in [1.54, 1.807) is 12.3 Å². The Labute approximate surface area is 167 Å². The number of pyridine rings is 1. The van der Waals surface area contributed by atoms with Gasteiger partial charge in [0.1, 0.15) is 5.82 Å². The summed E-state index contributed by atoms with van der Waals surface area (Å²) in [5.41, 5.74) is 0.440. The lowest BCUT2D eigenvalue weighted by Crippen LogP contribution is -2.47. The summed E-state index contributed by atoms with van der Waals surface area (Å²) in [7, 11) is 2.08. The molecule has 7 nitrogen and oxygen atoms in total. The first-order valence-corrected chi connectivity index (χ1v) is 10.5. The third kappa shape index (κ3) is 3.48. The second-order valence-electron chi connectivity index (χ2n) is 8.49. The summed E-state index contributed by atoms with van der Waals surface area (Å²) in [6.45, 7) is 8.73. The van der Waals surface area contributed by atoms with Gasteiger partial charge in [-0.05, 0) is 38.4 Å². The van der Waals surface area contributed by atoms with E-state index in [2.05, 4.69) is 28.8 Å². The van der Waals surface area contributed by atoms with Crippen LogP contribution in [0.1, 0.15) is 36.5 Å². The van der Waals surface area contributed by atoms with Crippen molar-refractivity contribution < 1.29 is 9.59 Å². The molecule has 1 aromatic heterocycles. The van der Waals surface area contributed by atoms with Crippen LogP contribution in [0.25, 0.3) is 0 Å². The third-order valence-electron chi connectivity index (χ3n) is 6.56. The highest BCUT2D eigenvalue weighted by atomic mass is 16.2. The van der Waals surface area contributed by atoms with Gasteiger partial charge in [-0.15, -0.1) is 0 Å². The van der Waals surface area contributed by atoms with Gasteiger partial charge >= 0.3 is 0 Å².